The van der Waals surface area contributed by atoms with Crippen LogP contribution in [0.5, 0.6) is 0 Å². The smallest absolute Gasteiger partial charge is 0.276 e. The van der Waals surface area contributed by atoms with E-state index in [1.54, 1.807) is 12.3 Å². The second kappa shape index (κ2) is 8.39. The number of aliphatic imine (C=N–C) groups is 1. The number of anilines is 2. The molecule has 2 N–H and O–H groups in total. The SMILES string of the molecule is CN(C)c1ccc(C=NNC2=NC(=Cc3ccc(N(C)C)cc3)C(=O)N2)cc1. The van der Waals surface area contributed by atoms with E-state index in [0.717, 1.165) is 22.5 Å². The number of amides is 1. The first-order valence-corrected chi connectivity index (χ1v) is 8.88. The van der Waals surface area contributed by atoms with Crippen LogP contribution in [0.2, 0.25) is 0 Å². The van der Waals surface area contributed by atoms with Gasteiger partial charge in [-0.3, -0.25) is 10.1 Å². The van der Waals surface area contributed by atoms with E-state index < -0.39 is 0 Å². The predicted molar refractivity (Wildman–Crippen MR) is 116 cm³/mol. The molecule has 0 fully saturated rings. The summed E-state index contributed by atoms with van der Waals surface area (Å²) in [5.41, 5.74) is 7.17. The number of nitrogens with one attached hydrogen (secondary N) is 2. The molecule has 0 saturated heterocycles. The Balaban J connectivity index is 1.64. The lowest BCUT2D eigenvalue weighted by Gasteiger charge is -2.11. The zero-order valence-electron chi connectivity index (χ0n) is 16.5. The summed E-state index contributed by atoms with van der Waals surface area (Å²) in [7, 11) is 7.95. The molecule has 3 rings (SSSR count). The summed E-state index contributed by atoms with van der Waals surface area (Å²) < 4.78 is 0. The van der Waals surface area contributed by atoms with Crippen molar-refractivity contribution in [2.45, 2.75) is 0 Å². The van der Waals surface area contributed by atoms with E-state index >= 15 is 0 Å². The topological polar surface area (TPSA) is 72.3 Å². The minimum Gasteiger partial charge on any atom is -0.378 e. The molecule has 7 heteroatoms. The van der Waals surface area contributed by atoms with Crippen LogP contribution in [0.1, 0.15) is 11.1 Å². The Morgan fingerprint density at radius 2 is 1.43 bits per heavy atom. The van der Waals surface area contributed by atoms with Crippen molar-refractivity contribution in [3.63, 3.8) is 0 Å². The average Bonchev–Trinajstić information content (AvgIpc) is 3.02. The van der Waals surface area contributed by atoms with E-state index in [4.69, 9.17) is 0 Å². The summed E-state index contributed by atoms with van der Waals surface area (Å²) in [6.07, 6.45) is 3.42. The number of hydrogen-bond donors (Lipinski definition) is 2. The molecule has 0 unspecified atom stereocenters. The first-order chi connectivity index (χ1) is 13.4. The van der Waals surface area contributed by atoms with Gasteiger partial charge in [-0.1, -0.05) is 24.3 Å². The van der Waals surface area contributed by atoms with Crippen LogP contribution in [0.4, 0.5) is 11.4 Å². The molecule has 2 aromatic carbocycles. The summed E-state index contributed by atoms with van der Waals surface area (Å²) in [5.74, 6) is 0.0482. The van der Waals surface area contributed by atoms with Crippen molar-refractivity contribution in [1.82, 2.24) is 10.7 Å². The average molecular weight is 376 g/mol. The zero-order chi connectivity index (χ0) is 20.1. The summed E-state index contributed by atoms with van der Waals surface area (Å²) in [5, 5.41) is 6.81. The second-order valence-electron chi connectivity index (χ2n) is 6.79. The molecular weight excluding hydrogens is 352 g/mol. The molecule has 1 aliphatic rings. The van der Waals surface area contributed by atoms with Gasteiger partial charge >= 0.3 is 0 Å². The van der Waals surface area contributed by atoms with E-state index in [-0.39, 0.29) is 5.91 Å². The van der Waals surface area contributed by atoms with Gasteiger partial charge < -0.3 is 9.80 Å². The van der Waals surface area contributed by atoms with Crippen LogP contribution >= 0.6 is 0 Å². The normalized spacial score (nSPS) is 14.9. The number of hydrogen-bond acceptors (Lipinski definition) is 6. The molecule has 0 saturated carbocycles. The molecule has 0 bridgehead atoms. The van der Waals surface area contributed by atoms with Crippen LogP contribution in [0.15, 0.2) is 64.3 Å². The lowest BCUT2D eigenvalue weighted by molar-refractivity contribution is -0.115. The van der Waals surface area contributed by atoms with Crippen molar-refractivity contribution >= 4 is 35.5 Å². The number of benzene rings is 2. The molecule has 2 aromatic rings. The van der Waals surface area contributed by atoms with Gasteiger partial charge in [-0.25, -0.2) is 10.4 Å². The van der Waals surface area contributed by atoms with Crippen molar-refractivity contribution < 1.29 is 4.79 Å². The molecule has 0 aliphatic carbocycles. The van der Waals surface area contributed by atoms with Gasteiger partial charge in [0.25, 0.3) is 5.91 Å². The van der Waals surface area contributed by atoms with Crippen molar-refractivity contribution in [3.05, 3.63) is 65.4 Å². The molecule has 1 heterocycles. The molecule has 7 nitrogen and oxygen atoms in total. The molecule has 0 radical (unpaired) electrons. The fourth-order valence-corrected chi connectivity index (χ4v) is 2.57. The third-order valence-electron chi connectivity index (χ3n) is 4.20. The van der Waals surface area contributed by atoms with Crippen LogP contribution in [-0.4, -0.2) is 46.3 Å². The van der Waals surface area contributed by atoms with Crippen molar-refractivity contribution in [1.29, 1.82) is 0 Å². The monoisotopic (exact) mass is 376 g/mol. The maximum Gasteiger partial charge on any atom is 0.276 e. The molecular formula is C21H24N6O. The van der Waals surface area contributed by atoms with Gasteiger partial charge in [0.2, 0.25) is 5.96 Å². The quantitative estimate of drug-likeness (QED) is 0.477. The van der Waals surface area contributed by atoms with Crippen LogP contribution in [-0.2, 0) is 4.79 Å². The standard InChI is InChI=1S/C21H24N6O/c1-26(2)17-9-5-15(6-10-17)13-19-20(28)24-21(23-19)25-22-14-16-7-11-18(12-8-16)27(3)4/h5-14H,1-4H3,(H2,23,24,25,28). The van der Waals surface area contributed by atoms with Crippen LogP contribution in [0, 0.1) is 0 Å². The molecule has 144 valence electrons. The fraction of sp³-hybridized carbons (Fsp3) is 0.190. The number of rotatable bonds is 5. The van der Waals surface area contributed by atoms with Crippen molar-refractivity contribution in [2.24, 2.45) is 10.1 Å². The van der Waals surface area contributed by atoms with Crippen LogP contribution in [0.25, 0.3) is 6.08 Å². The third-order valence-corrected chi connectivity index (χ3v) is 4.20. The summed E-state index contributed by atoms with van der Waals surface area (Å²) in [6, 6.07) is 15.9. The van der Waals surface area contributed by atoms with Gasteiger partial charge in [-0.2, -0.15) is 5.10 Å². The zero-order valence-corrected chi connectivity index (χ0v) is 16.5. The van der Waals surface area contributed by atoms with Gasteiger partial charge in [0.15, 0.2) is 0 Å². The minimum absolute atomic E-state index is 0.260. The van der Waals surface area contributed by atoms with Crippen LogP contribution in [0.3, 0.4) is 0 Å². The van der Waals surface area contributed by atoms with E-state index in [0.29, 0.717) is 11.7 Å². The molecule has 28 heavy (non-hydrogen) atoms. The summed E-state index contributed by atoms with van der Waals surface area (Å²) >= 11 is 0. The minimum atomic E-state index is -0.260. The van der Waals surface area contributed by atoms with Gasteiger partial charge in [0.1, 0.15) is 5.70 Å². The number of guanidine groups is 1. The van der Waals surface area contributed by atoms with Gasteiger partial charge in [-0.15, -0.1) is 0 Å². The first kappa shape index (κ1) is 19.2. The molecule has 0 spiro atoms. The lowest BCUT2D eigenvalue weighted by atomic mass is 10.1. The largest absolute Gasteiger partial charge is 0.378 e. The molecule has 1 aliphatic heterocycles. The highest BCUT2D eigenvalue weighted by Crippen LogP contribution is 2.16. The number of carbonyl (C=O) groups is 1. The Kier molecular flexibility index (Phi) is 5.74. The van der Waals surface area contributed by atoms with E-state index in [9.17, 15) is 4.79 Å². The second-order valence-corrected chi connectivity index (χ2v) is 6.79. The van der Waals surface area contributed by atoms with Crippen molar-refractivity contribution in [3.8, 4) is 0 Å². The lowest BCUT2D eigenvalue weighted by Crippen LogP contribution is -2.33. The third kappa shape index (κ3) is 4.76. The van der Waals surface area contributed by atoms with E-state index in [1.807, 2.05) is 86.5 Å². The molecule has 0 atom stereocenters. The number of hydrazone groups is 1. The highest BCUT2D eigenvalue weighted by atomic mass is 16.2. The maximum absolute atomic E-state index is 12.1. The fourth-order valence-electron chi connectivity index (χ4n) is 2.57. The Labute approximate surface area is 165 Å². The Morgan fingerprint density at radius 1 is 0.893 bits per heavy atom. The van der Waals surface area contributed by atoms with E-state index in [2.05, 4.69) is 20.8 Å². The Hall–Kier alpha value is -3.61. The van der Waals surface area contributed by atoms with Gasteiger partial charge in [-0.05, 0) is 41.5 Å². The summed E-state index contributed by atoms with van der Waals surface area (Å²) in [4.78, 5) is 20.4. The van der Waals surface area contributed by atoms with Crippen LogP contribution < -0.4 is 20.5 Å². The highest BCUT2D eigenvalue weighted by molar-refractivity contribution is 6.13. The summed E-state index contributed by atoms with van der Waals surface area (Å²) in [6.45, 7) is 0. The first-order valence-electron chi connectivity index (χ1n) is 8.88. The Bertz CT molecular complexity index is 924. The van der Waals surface area contributed by atoms with Gasteiger partial charge in [0, 0.05) is 39.6 Å². The molecule has 1 amide bonds. The number of nitrogens with zero attached hydrogens (tertiary/aromatic N) is 4. The predicted octanol–water partition coefficient (Wildman–Crippen LogP) is 2.27. The van der Waals surface area contributed by atoms with Crippen molar-refractivity contribution in [2.75, 3.05) is 38.0 Å². The highest BCUT2D eigenvalue weighted by Gasteiger charge is 2.19. The maximum atomic E-state index is 12.1. The molecule has 0 aromatic heterocycles. The van der Waals surface area contributed by atoms with E-state index in [1.165, 1.54) is 0 Å². The van der Waals surface area contributed by atoms with Gasteiger partial charge in [0.05, 0.1) is 6.21 Å². The Morgan fingerprint density at radius 3 is 1.96 bits per heavy atom. The number of carbonyl (C=O) groups excluding carboxylic acids is 1.